The van der Waals surface area contributed by atoms with Gasteiger partial charge in [-0.05, 0) is 49.2 Å². The summed E-state index contributed by atoms with van der Waals surface area (Å²) in [5.74, 6) is -1.11. The van der Waals surface area contributed by atoms with Crippen molar-refractivity contribution in [2.75, 3.05) is 23.3 Å². The van der Waals surface area contributed by atoms with Gasteiger partial charge in [0, 0.05) is 30.5 Å². The summed E-state index contributed by atoms with van der Waals surface area (Å²) < 4.78 is 13.1. The van der Waals surface area contributed by atoms with E-state index in [0.29, 0.717) is 5.69 Å². The van der Waals surface area contributed by atoms with Gasteiger partial charge >= 0.3 is 0 Å². The van der Waals surface area contributed by atoms with Gasteiger partial charge in [0.05, 0.1) is 16.6 Å². The first-order valence-corrected chi connectivity index (χ1v) is 8.31. The smallest absolute Gasteiger partial charge is 0.279 e. The lowest BCUT2D eigenvalue weighted by Crippen LogP contribution is -2.17. The molecule has 1 aliphatic rings. The first kappa shape index (κ1) is 17.6. The van der Waals surface area contributed by atoms with E-state index in [0.717, 1.165) is 43.8 Å². The van der Waals surface area contributed by atoms with Crippen molar-refractivity contribution >= 4 is 29.0 Å². The minimum absolute atomic E-state index is 0.164. The molecule has 1 N–H and O–H groups in total. The number of carbonyl (C=O) groups is 1. The van der Waals surface area contributed by atoms with Gasteiger partial charge in [-0.2, -0.15) is 0 Å². The number of carbonyl (C=O) groups excluding carboxylic acids is 1. The normalized spacial score (nSPS) is 14.0. The number of nitro groups is 1. The van der Waals surface area contributed by atoms with E-state index in [2.05, 4.69) is 10.2 Å². The van der Waals surface area contributed by atoms with Crippen molar-refractivity contribution in [3.8, 4) is 0 Å². The van der Waals surface area contributed by atoms with E-state index in [9.17, 15) is 19.3 Å². The van der Waals surface area contributed by atoms with Crippen molar-refractivity contribution < 1.29 is 14.1 Å². The van der Waals surface area contributed by atoms with Gasteiger partial charge in [-0.25, -0.2) is 4.39 Å². The molecule has 26 heavy (non-hydrogen) atoms. The molecule has 7 heteroatoms. The Labute approximate surface area is 150 Å². The molecule has 3 rings (SSSR count). The van der Waals surface area contributed by atoms with E-state index in [4.69, 9.17) is 0 Å². The number of amides is 1. The van der Waals surface area contributed by atoms with Gasteiger partial charge in [-0.1, -0.05) is 6.07 Å². The molecule has 1 heterocycles. The molecule has 6 nitrogen and oxygen atoms in total. The molecule has 0 atom stereocenters. The Morgan fingerprint density at radius 1 is 1.19 bits per heavy atom. The summed E-state index contributed by atoms with van der Waals surface area (Å²) in [6, 6.07) is 10.8. The third-order valence-electron chi connectivity index (χ3n) is 4.19. The molecule has 134 valence electrons. The Hall–Kier alpha value is -3.22. The Balaban J connectivity index is 1.70. The molecular weight excluding hydrogens is 337 g/mol. The summed E-state index contributed by atoms with van der Waals surface area (Å²) in [6.45, 7) is 2.01. The lowest BCUT2D eigenvalue weighted by Gasteiger charge is -2.18. The van der Waals surface area contributed by atoms with Crippen molar-refractivity contribution in [3.63, 3.8) is 0 Å². The SMILES string of the molecule is O=C(/C=C/c1ccc(F)cc1[N+](=O)[O-])Nc1cccc(N2CCCC2)c1. The Bertz CT molecular complexity index is 861. The van der Waals surface area contributed by atoms with Crippen molar-refractivity contribution in [2.24, 2.45) is 0 Å². The number of nitro benzene ring substituents is 1. The molecule has 1 saturated heterocycles. The van der Waals surface area contributed by atoms with Crippen LogP contribution in [-0.4, -0.2) is 23.9 Å². The Morgan fingerprint density at radius 2 is 1.96 bits per heavy atom. The highest BCUT2D eigenvalue weighted by atomic mass is 19.1. The topological polar surface area (TPSA) is 75.5 Å². The number of halogens is 1. The maximum absolute atomic E-state index is 13.1. The first-order valence-electron chi connectivity index (χ1n) is 8.31. The molecule has 0 aliphatic carbocycles. The molecule has 0 unspecified atom stereocenters. The second-order valence-electron chi connectivity index (χ2n) is 6.03. The highest BCUT2D eigenvalue weighted by Gasteiger charge is 2.14. The summed E-state index contributed by atoms with van der Waals surface area (Å²) in [5.41, 5.74) is 1.48. The Kier molecular flexibility index (Phi) is 5.26. The fraction of sp³-hybridized carbons (Fsp3) is 0.211. The van der Waals surface area contributed by atoms with Crippen LogP contribution in [0, 0.1) is 15.9 Å². The van der Waals surface area contributed by atoms with Crippen LogP contribution in [0.15, 0.2) is 48.5 Å². The van der Waals surface area contributed by atoms with Crippen molar-refractivity contribution in [1.82, 2.24) is 0 Å². The van der Waals surface area contributed by atoms with Gasteiger partial charge in [0.25, 0.3) is 5.69 Å². The van der Waals surface area contributed by atoms with Crippen LogP contribution >= 0.6 is 0 Å². The summed E-state index contributed by atoms with van der Waals surface area (Å²) in [4.78, 5) is 24.7. The van der Waals surface area contributed by atoms with Crippen LogP contribution < -0.4 is 10.2 Å². The molecule has 0 aromatic heterocycles. The van der Waals surface area contributed by atoms with Gasteiger partial charge in [0.1, 0.15) is 5.82 Å². The lowest BCUT2D eigenvalue weighted by atomic mass is 10.1. The molecule has 0 bridgehead atoms. The number of rotatable bonds is 5. The Morgan fingerprint density at radius 3 is 2.69 bits per heavy atom. The van der Waals surface area contributed by atoms with Gasteiger partial charge in [-0.15, -0.1) is 0 Å². The van der Waals surface area contributed by atoms with Gasteiger partial charge < -0.3 is 10.2 Å². The summed E-state index contributed by atoms with van der Waals surface area (Å²) in [7, 11) is 0. The van der Waals surface area contributed by atoms with E-state index in [1.54, 1.807) is 6.07 Å². The zero-order chi connectivity index (χ0) is 18.5. The summed E-state index contributed by atoms with van der Waals surface area (Å²) in [6.07, 6.45) is 4.82. The van der Waals surface area contributed by atoms with Crippen LogP contribution in [0.1, 0.15) is 18.4 Å². The number of nitrogens with zero attached hydrogens (tertiary/aromatic N) is 2. The third kappa shape index (κ3) is 4.24. The maximum atomic E-state index is 13.1. The number of anilines is 2. The standard InChI is InChI=1S/C19H18FN3O3/c20-15-8-6-14(18(12-15)23(25)26)7-9-19(24)21-16-4-3-5-17(13-16)22-10-1-2-11-22/h3-9,12-13H,1-2,10-11H2,(H,21,24)/b9-7+. The van der Waals surface area contributed by atoms with E-state index >= 15 is 0 Å². The molecular formula is C19H18FN3O3. The maximum Gasteiger partial charge on any atom is 0.279 e. The van der Waals surface area contributed by atoms with Gasteiger partial charge in [0.2, 0.25) is 5.91 Å². The number of benzene rings is 2. The molecule has 0 saturated carbocycles. The minimum Gasteiger partial charge on any atom is -0.371 e. The van der Waals surface area contributed by atoms with Crippen LogP contribution in [0.3, 0.4) is 0 Å². The monoisotopic (exact) mass is 355 g/mol. The summed E-state index contributed by atoms with van der Waals surface area (Å²) in [5, 5.41) is 13.7. The molecule has 0 spiro atoms. The number of hydrogen-bond donors (Lipinski definition) is 1. The second kappa shape index (κ2) is 7.77. The number of hydrogen-bond acceptors (Lipinski definition) is 4. The van der Waals surface area contributed by atoms with Crippen LogP contribution in [0.25, 0.3) is 6.08 Å². The average Bonchev–Trinajstić information content (AvgIpc) is 3.15. The molecule has 2 aromatic carbocycles. The van der Waals surface area contributed by atoms with E-state index in [1.165, 1.54) is 18.2 Å². The predicted octanol–water partition coefficient (Wildman–Crippen LogP) is 3.99. The van der Waals surface area contributed by atoms with Crippen molar-refractivity contribution in [2.45, 2.75) is 12.8 Å². The van der Waals surface area contributed by atoms with Crippen LogP contribution in [0.4, 0.5) is 21.5 Å². The fourth-order valence-electron chi connectivity index (χ4n) is 2.92. The fourth-order valence-corrected chi connectivity index (χ4v) is 2.92. The van der Waals surface area contributed by atoms with Gasteiger partial charge in [-0.3, -0.25) is 14.9 Å². The zero-order valence-electron chi connectivity index (χ0n) is 14.0. The van der Waals surface area contributed by atoms with E-state index in [-0.39, 0.29) is 11.3 Å². The lowest BCUT2D eigenvalue weighted by molar-refractivity contribution is -0.385. The highest BCUT2D eigenvalue weighted by molar-refractivity contribution is 6.02. The average molecular weight is 355 g/mol. The molecule has 1 fully saturated rings. The minimum atomic E-state index is -0.697. The van der Waals surface area contributed by atoms with Crippen LogP contribution in [-0.2, 0) is 4.79 Å². The number of nitrogens with one attached hydrogen (secondary N) is 1. The van der Waals surface area contributed by atoms with Crippen molar-refractivity contribution in [1.29, 1.82) is 0 Å². The molecule has 2 aromatic rings. The van der Waals surface area contributed by atoms with Gasteiger partial charge in [0.15, 0.2) is 0 Å². The van der Waals surface area contributed by atoms with Crippen LogP contribution in [0.2, 0.25) is 0 Å². The largest absolute Gasteiger partial charge is 0.371 e. The van der Waals surface area contributed by atoms with E-state index in [1.807, 2.05) is 18.2 Å². The second-order valence-corrected chi connectivity index (χ2v) is 6.03. The molecule has 1 amide bonds. The zero-order valence-corrected chi connectivity index (χ0v) is 14.0. The first-order chi connectivity index (χ1) is 12.5. The molecule has 0 radical (unpaired) electrons. The van der Waals surface area contributed by atoms with Crippen LogP contribution in [0.5, 0.6) is 0 Å². The predicted molar refractivity (Wildman–Crippen MR) is 98.6 cm³/mol. The van der Waals surface area contributed by atoms with E-state index < -0.39 is 16.6 Å². The third-order valence-corrected chi connectivity index (χ3v) is 4.19. The van der Waals surface area contributed by atoms with Crippen molar-refractivity contribution in [3.05, 3.63) is 70.0 Å². The quantitative estimate of drug-likeness (QED) is 0.500. The summed E-state index contributed by atoms with van der Waals surface area (Å²) >= 11 is 0. The highest BCUT2D eigenvalue weighted by Crippen LogP contribution is 2.24. The molecule has 1 aliphatic heterocycles.